The van der Waals surface area contributed by atoms with Crippen molar-refractivity contribution in [3.05, 3.63) is 35.4 Å². The van der Waals surface area contributed by atoms with Gasteiger partial charge in [-0.2, -0.15) is 0 Å². The van der Waals surface area contributed by atoms with Crippen molar-refractivity contribution in [3.8, 4) is 0 Å². The molecule has 2 heterocycles. The van der Waals surface area contributed by atoms with Crippen LogP contribution in [0.25, 0.3) is 0 Å². The van der Waals surface area contributed by atoms with Crippen LogP contribution in [-0.4, -0.2) is 66.5 Å². The van der Waals surface area contributed by atoms with Crippen molar-refractivity contribution in [3.63, 3.8) is 0 Å². The molecule has 0 radical (unpaired) electrons. The molecule has 2 aliphatic heterocycles. The number of rotatable bonds is 3. The van der Waals surface area contributed by atoms with Crippen LogP contribution in [0.3, 0.4) is 0 Å². The number of methoxy groups -OCH3 is 1. The zero-order chi connectivity index (χ0) is 19.4. The average molecular weight is 373 g/mol. The number of nitrogens with one attached hydrogen (secondary N) is 1. The predicted octanol–water partition coefficient (Wildman–Crippen LogP) is 1.95. The van der Waals surface area contributed by atoms with E-state index in [2.05, 4.69) is 5.32 Å². The molecule has 0 aromatic heterocycles. The quantitative estimate of drug-likeness (QED) is 0.878. The molecule has 2 aliphatic rings. The van der Waals surface area contributed by atoms with Crippen LogP contribution in [-0.2, 0) is 9.53 Å². The highest BCUT2D eigenvalue weighted by atomic mass is 16.5. The maximum absolute atomic E-state index is 12.8. The Labute approximate surface area is 159 Å². The molecule has 7 heteroatoms. The summed E-state index contributed by atoms with van der Waals surface area (Å²) in [6.45, 7) is 3.66. The molecule has 0 aliphatic carbocycles. The normalized spacial score (nSPS) is 20.4. The number of aryl methyl sites for hydroxylation is 1. The first-order valence-corrected chi connectivity index (χ1v) is 9.51. The summed E-state index contributed by atoms with van der Waals surface area (Å²) in [7, 11) is 1.34. The summed E-state index contributed by atoms with van der Waals surface area (Å²) in [5, 5.41) is 3.08. The van der Waals surface area contributed by atoms with Crippen molar-refractivity contribution < 1.29 is 19.1 Å². The number of nitrogens with zero attached hydrogens (tertiary/aromatic N) is 2. The first-order valence-electron chi connectivity index (χ1n) is 9.51. The van der Waals surface area contributed by atoms with Crippen LogP contribution in [0.4, 0.5) is 4.79 Å². The third kappa shape index (κ3) is 4.23. The molecule has 2 saturated heterocycles. The summed E-state index contributed by atoms with van der Waals surface area (Å²) in [5.74, 6) is -0.0767. The molecule has 1 N–H and O–H groups in total. The Morgan fingerprint density at radius 2 is 1.78 bits per heavy atom. The number of carbonyl (C=O) groups is 3. The fourth-order valence-corrected chi connectivity index (χ4v) is 3.90. The molecule has 7 nitrogen and oxygen atoms in total. The van der Waals surface area contributed by atoms with Gasteiger partial charge in [0, 0.05) is 31.2 Å². The number of amides is 3. The Balaban J connectivity index is 1.53. The molecule has 2 fully saturated rings. The summed E-state index contributed by atoms with van der Waals surface area (Å²) in [6, 6.07) is 7.15. The van der Waals surface area contributed by atoms with Gasteiger partial charge in [-0.3, -0.25) is 14.5 Å². The third-order valence-corrected chi connectivity index (χ3v) is 5.48. The summed E-state index contributed by atoms with van der Waals surface area (Å²) < 4.78 is 4.78. The second-order valence-electron chi connectivity index (χ2n) is 7.21. The second-order valence-corrected chi connectivity index (χ2v) is 7.21. The van der Waals surface area contributed by atoms with Crippen molar-refractivity contribution in [2.75, 3.05) is 26.7 Å². The van der Waals surface area contributed by atoms with E-state index in [0.29, 0.717) is 44.5 Å². The van der Waals surface area contributed by atoms with Crippen LogP contribution in [0.2, 0.25) is 0 Å². The molecule has 1 aromatic rings. The fourth-order valence-electron chi connectivity index (χ4n) is 3.90. The molecule has 0 spiro atoms. The van der Waals surface area contributed by atoms with E-state index in [1.54, 1.807) is 0 Å². The minimum Gasteiger partial charge on any atom is -0.453 e. The van der Waals surface area contributed by atoms with Crippen LogP contribution in [0.5, 0.6) is 0 Å². The first-order chi connectivity index (χ1) is 13.0. The van der Waals surface area contributed by atoms with Gasteiger partial charge in [0.05, 0.1) is 7.11 Å². The topological polar surface area (TPSA) is 79.0 Å². The number of carbonyl (C=O) groups excluding carboxylic acids is 3. The van der Waals surface area contributed by atoms with Crippen molar-refractivity contribution in [2.45, 2.75) is 44.7 Å². The minimum absolute atomic E-state index is 0.0124. The van der Waals surface area contributed by atoms with Gasteiger partial charge in [0.1, 0.15) is 6.04 Å². The largest absolute Gasteiger partial charge is 0.453 e. The highest BCUT2D eigenvalue weighted by Crippen LogP contribution is 2.22. The third-order valence-electron chi connectivity index (χ3n) is 5.48. The Morgan fingerprint density at radius 3 is 2.44 bits per heavy atom. The maximum atomic E-state index is 12.8. The lowest BCUT2D eigenvalue weighted by Gasteiger charge is -2.35. The van der Waals surface area contributed by atoms with Crippen LogP contribution in [0, 0.1) is 6.92 Å². The van der Waals surface area contributed by atoms with Crippen LogP contribution >= 0.6 is 0 Å². The van der Waals surface area contributed by atoms with Crippen LogP contribution < -0.4 is 5.32 Å². The standard InChI is InChI=1S/C20H27N3O4/c1-14-6-3-4-7-16(14)18(24)21-15-9-12-22(13-10-15)19(25)17-8-5-11-23(17)20(26)27-2/h3-4,6-7,15,17H,5,8-13H2,1-2H3,(H,21,24). The highest BCUT2D eigenvalue weighted by molar-refractivity contribution is 5.95. The zero-order valence-corrected chi connectivity index (χ0v) is 15.9. The lowest BCUT2D eigenvalue weighted by atomic mass is 10.0. The summed E-state index contributed by atoms with van der Waals surface area (Å²) in [6.07, 6.45) is 2.49. The number of hydrogen-bond donors (Lipinski definition) is 1. The van der Waals surface area contributed by atoms with Crippen LogP contribution in [0.15, 0.2) is 24.3 Å². The molecule has 3 rings (SSSR count). The minimum atomic E-state index is -0.439. The van der Waals surface area contributed by atoms with Gasteiger partial charge in [-0.05, 0) is 44.2 Å². The van der Waals surface area contributed by atoms with Gasteiger partial charge in [0.15, 0.2) is 0 Å². The Kier molecular flexibility index (Phi) is 5.98. The maximum Gasteiger partial charge on any atom is 0.410 e. The molecular formula is C20H27N3O4. The molecule has 1 aromatic carbocycles. The highest BCUT2D eigenvalue weighted by Gasteiger charge is 2.38. The van der Waals surface area contributed by atoms with Gasteiger partial charge in [-0.15, -0.1) is 0 Å². The molecule has 27 heavy (non-hydrogen) atoms. The van der Waals surface area contributed by atoms with Gasteiger partial charge in [0.25, 0.3) is 5.91 Å². The molecule has 3 amide bonds. The number of benzene rings is 1. The van der Waals surface area contributed by atoms with Gasteiger partial charge in [-0.25, -0.2) is 4.79 Å². The van der Waals surface area contributed by atoms with E-state index in [1.807, 2.05) is 36.1 Å². The van der Waals surface area contributed by atoms with Gasteiger partial charge in [-0.1, -0.05) is 18.2 Å². The van der Waals surface area contributed by atoms with Crippen LogP contribution in [0.1, 0.15) is 41.6 Å². The molecule has 0 saturated carbocycles. The van der Waals surface area contributed by atoms with E-state index in [-0.39, 0.29) is 17.9 Å². The SMILES string of the molecule is COC(=O)N1CCCC1C(=O)N1CCC(NC(=O)c2ccccc2C)CC1. The summed E-state index contributed by atoms with van der Waals surface area (Å²) >= 11 is 0. The molecular weight excluding hydrogens is 346 g/mol. The second kappa shape index (κ2) is 8.41. The number of hydrogen-bond acceptors (Lipinski definition) is 4. The summed E-state index contributed by atoms with van der Waals surface area (Å²) in [5.41, 5.74) is 1.64. The van der Waals surface area contributed by atoms with E-state index >= 15 is 0 Å². The Hall–Kier alpha value is -2.57. The zero-order valence-electron chi connectivity index (χ0n) is 15.9. The molecule has 1 unspecified atom stereocenters. The van der Waals surface area contributed by atoms with Gasteiger partial charge < -0.3 is 15.0 Å². The van der Waals surface area contributed by atoms with E-state index in [9.17, 15) is 14.4 Å². The van der Waals surface area contributed by atoms with E-state index in [0.717, 1.165) is 12.0 Å². The Bertz CT molecular complexity index is 713. The first kappa shape index (κ1) is 19.2. The number of ether oxygens (including phenoxy) is 1. The molecule has 146 valence electrons. The lowest BCUT2D eigenvalue weighted by molar-refractivity contribution is -0.136. The predicted molar refractivity (Wildman–Crippen MR) is 100 cm³/mol. The van der Waals surface area contributed by atoms with Crippen molar-refractivity contribution in [1.29, 1.82) is 0 Å². The van der Waals surface area contributed by atoms with Crippen molar-refractivity contribution in [2.24, 2.45) is 0 Å². The number of likely N-dealkylation sites (tertiary alicyclic amines) is 2. The van der Waals surface area contributed by atoms with Gasteiger partial charge in [0.2, 0.25) is 5.91 Å². The fraction of sp³-hybridized carbons (Fsp3) is 0.550. The van der Waals surface area contributed by atoms with E-state index in [4.69, 9.17) is 4.74 Å². The molecule has 0 bridgehead atoms. The van der Waals surface area contributed by atoms with Crippen molar-refractivity contribution in [1.82, 2.24) is 15.1 Å². The Morgan fingerprint density at radius 1 is 1.07 bits per heavy atom. The van der Waals surface area contributed by atoms with E-state index < -0.39 is 12.1 Å². The van der Waals surface area contributed by atoms with E-state index in [1.165, 1.54) is 12.0 Å². The van der Waals surface area contributed by atoms with Crippen molar-refractivity contribution >= 4 is 17.9 Å². The lowest BCUT2D eigenvalue weighted by Crippen LogP contribution is -2.52. The molecule has 1 atom stereocenters. The van der Waals surface area contributed by atoms with Gasteiger partial charge >= 0.3 is 6.09 Å². The summed E-state index contributed by atoms with van der Waals surface area (Å²) in [4.78, 5) is 40.4. The number of piperidine rings is 1. The average Bonchev–Trinajstić information content (AvgIpc) is 3.17. The monoisotopic (exact) mass is 373 g/mol. The smallest absolute Gasteiger partial charge is 0.410 e.